The molecule has 0 aromatic carbocycles. The molecule has 3 heterocycles. The number of fused-ring (bicyclic) bond motifs is 1. The maximum atomic E-state index is 12.8. The van der Waals surface area contributed by atoms with Crippen LogP contribution in [0.4, 0.5) is 5.95 Å². The zero-order valence-corrected chi connectivity index (χ0v) is 16.5. The molecule has 4 rings (SSSR count). The number of rotatable bonds is 5. The Morgan fingerprint density at radius 3 is 2.68 bits per heavy atom. The van der Waals surface area contributed by atoms with Crippen LogP contribution in [-0.4, -0.2) is 62.9 Å². The van der Waals surface area contributed by atoms with E-state index in [0.29, 0.717) is 36.1 Å². The lowest BCUT2D eigenvalue weighted by Crippen LogP contribution is -2.46. The highest BCUT2D eigenvalue weighted by Crippen LogP contribution is 2.30. The van der Waals surface area contributed by atoms with Gasteiger partial charge in [-0.05, 0) is 32.6 Å². The van der Waals surface area contributed by atoms with Gasteiger partial charge in [0.05, 0.1) is 18.3 Å². The molecule has 2 N–H and O–H groups in total. The molecule has 1 saturated heterocycles. The van der Waals surface area contributed by atoms with E-state index in [0.717, 1.165) is 25.7 Å². The summed E-state index contributed by atoms with van der Waals surface area (Å²) in [5, 5.41) is 7.96. The quantitative estimate of drug-likeness (QED) is 0.807. The van der Waals surface area contributed by atoms with Gasteiger partial charge in [0.1, 0.15) is 11.4 Å². The number of H-pyrrole nitrogens is 1. The number of likely N-dealkylation sites (tertiary alicyclic amines) is 1. The third-order valence-corrected chi connectivity index (χ3v) is 5.94. The Bertz CT molecular complexity index is 893. The molecule has 0 radical (unpaired) electrons. The molecular weight excluding hydrogens is 360 g/mol. The maximum absolute atomic E-state index is 12.8. The average Bonchev–Trinajstić information content (AvgIpc) is 3.37. The zero-order chi connectivity index (χ0) is 19.7. The summed E-state index contributed by atoms with van der Waals surface area (Å²) in [5.41, 5.74) is 0.344. The van der Waals surface area contributed by atoms with Gasteiger partial charge in [0.15, 0.2) is 5.65 Å². The molecule has 1 saturated carbocycles. The predicted octanol–water partition coefficient (Wildman–Crippen LogP) is 1.67. The Labute approximate surface area is 163 Å². The molecule has 1 amide bonds. The summed E-state index contributed by atoms with van der Waals surface area (Å²) in [6, 6.07) is -0.191. The van der Waals surface area contributed by atoms with Crippen LogP contribution in [0.25, 0.3) is 11.0 Å². The van der Waals surface area contributed by atoms with Crippen LogP contribution < -0.4 is 10.9 Å². The van der Waals surface area contributed by atoms with E-state index in [1.165, 1.54) is 12.8 Å². The van der Waals surface area contributed by atoms with Crippen LogP contribution in [0.2, 0.25) is 0 Å². The summed E-state index contributed by atoms with van der Waals surface area (Å²) < 4.78 is 7.23. The van der Waals surface area contributed by atoms with Crippen molar-refractivity contribution in [2.45, 2.75) is 63.6 Å². The molecule has 9 heteroatoms. The second-order valence-corrected chi connectivity index (χ2v) is 7.81. The first kappa shape index (κ1) is 18.9. The van der Waals surface area contributed by atoms with E-state index in [4.69, 9.17) is 4.74 Å². The van der Waals surface area contributed by atoms with Crippen molar-refractivity contribution in [3.8, 4) is 0 Å². The lowest BCUT2D eigenvalue weighted by molar-refractivity contribution is -0.134. The fraction of sp³-hybridized carbons (Fsp3) is 0.684. The fourth-order valence-electron chi connectivity index (χ4n) is 4.27. The van der Waals surface area contributed by atoms with Crippen LogP contribution in [0.15, 0.2) is 11.0 Å². The molecule has 0 bridgehead atoms. The minimum Gasteiger partial charge on any atom is -0.381 e. The summed E-state index contributed by atoms with van der Waals surface area (Å²) in [5.74, 6) is 0.312. The topological polar surface area (TPSA) is 105 Å². The number of aromatic amines is 1. The second kappa shape index (κ2) is 7.90. The minimum atomic E-state index is -0.484. The van der Waals surface area contributed by atoms with Crippen LogP contribution >= 0.6 is 0 Å². The van der Waals surface area contributed by atoms with E-state index in [2.05, 4.69) is 20.4 Å². The maximum Gasteiger partial charge on any atom is 0.263 e. The second-order valence-electron chi connectivity index (χ2n) is 7.81. The molecule has 2 aromatic rings. The highest BCUT2D eigenvalue weighted by Gasteiger charge is 2.27. The number of piperidine rings is 1. The molecule has 2 aromatic heterocycles. The summed E-state index contributed by atoms with van der Waals surface area (Å²) in [6.45, 7) is 3.16. The standard InChI is InChI=1S/C19H28N6O3/c1-12(18(27)24-9-7-14(28-2)8-10-24)21-19-22-16-15(17(26)23-19)11-20-25(16)13-5-3-4-6-13/h11-14H,3-10H2,1-2H3,(H2,21,22,23,26)/t12-/m1/s1. The number of amides is 1. The van der Waals surface area contributed by atoms with Crippen molar-refractivity contribution in [3.63, 3.8) is 0 Å². The molecular formula is C19H28N6O3. The highest BCUT2D eigenvalue weighted by molar-refractivity contribution is 5.84. The summed E-state index contributed by atoms with van der Waals surface area (Å²) in [7, 11) is 1.71. The summed E-state index contributed by atoms with van der Waals surface area (Å²) in [6.07, 6.45) is 7.95. The van der Waals surface area contributed by atoms with Gasteiger partial charge in [0.25, 0.3) is 5.56 Å². The first-order valence-corrected chi connectivity index (χ1v) is 10.1. The van der Waals surface area contributed by atoms with Gasteiger partial charge in [-0.2, -0.15) is 10.1 Å². The Morgan fingerprint density at radius 2 is 2.00 bits per heavy atom. The molecule has 152 valence electrons. The van der Waals surface area contributed by atoms with Gasteiger partial charge >= 0.3 is 0 Å². The Hall–Kier alpha value is -2.42. The molecule has 28 heavy (non-hydrogen) atoms. The van der Waals surface area contributed by atoms with E-state index in [1.54, 1.807) is 20.2 Å². The SMILES string of the molecule is COC1CCN(C(=O)[C@@H](C)Nc2nc3c(cnn3C3CCCC3)c(=O)[nH]2)CC1. The Morgan fingerprint density at radius 1 is 1.29 bits per heavy atom. The lowest BCUT2D eigenvalue weighted by Gasteiger charge is -2.33. The fourth-order valence-corrected chi connectivity index (χ4v) is 4.27. The first-order valence-electron chi connectivity index (χ1n) is 10.1. The number of aromatic nitrogens is 4. The number of anilines is 1. The van der Waals surface area contributed by atoms with Gasteiger partial charge in [-0.1, -0.05) is 12.8 Å². The van der Waals surface area contributed by atoms with E-state index in [9.17, 15) is 9.59 Å². The average molecular weight is 388 g/mol. The molecule has 2 aliphatic rings. The number of carbonyl (C=O) groups is 1. The normalized spacial score (nSPS) is 20.0. The number of ether oxygens (including phenoxy) is 1. The van der Waals surface area contributed by atoms with Crippen LogP contribution in [0, 0.1) is 0 Å². The van der Waals surface area contributed by atoms with Crippen LogP contribution in [0.1, 0.15) is 51.5 Å². The van der Waals surface area contributed by atoms with Gasteiger partial charge in [-0.15, -0.1) is 0 Å². The van der Waals surface area contributed by atoms with Gasteiger partial charge in [0.2, 0.25) is 11.9 Å². The molecule has 1 aliphatic carbocycles. The number of nitrogens with zero attached hydrogens (tertiary/aromatic N) is 4. The monoisotopic (exact) mass is 388 g/mol. The Balaban J connectivity index is 1.50. The van der Waals surface area contributed by atoms with E-state index < -0.39 is 6.04 Å². The molecule has 1 atom stereocenters. The van der Waals surface area contributed by atoms with Gasteiger partial charge in [-0.25, -0.2) is 4.68 Å². The summed E-state index contributed by atoms with van der Waals surface area (Å²) in [4.78, 5) is 34.4. The molecule has 2 fully saturated rings. The number of methoxy groups -OCH3 is 1. The highest BCUT2D eigenvalue weighted by atomic mass is 16.5. The lowest BCUT2D eigenvalue weighted by atomic mass is 10.1. The van der Waals surface area contributed by atoms with Crippen LogP contribution in [0.3, 0.4) is 0 Å². The van der Waals surface area contributed by atoms with Crippen molar-refractivity contribution >= 4 is 22.9 Å². The van der Waals surface area contributed by atoms with E-state index >= 15 is 0 Å². The largest absolute Gasteiger partial charge is 0.381 e. The summed E-state index contributed by atoms with van der Waals surface area (Å²) >= 11 is 0. The number of hydrogen-bond donors (Lipinski definition) is 2. The molecule has 0 unspecified atom stereocenters. The third-order valence-electron chi connectivity index (χ3n) is 5.94. The van der Waals surface area contributed by atoms with Crippen molar-refractivity contribution in [3.05, 3.63) is 16.6 Å². The predicted molar refractivity (Wildman–Crippen MR) is 105 cm³/mol. The number of nitrogens with one attached hydrogen (secondary N) is 2. The van der Waals surface area contributed by atoms with E-state index in [-0.39, 0.29) is 17.6 Å². The smallest absolute Gasteiger partial charge is 0.263 e. The van der Waals surface area contributed by atoms with E-state index in [1.807, 2.05) is 9.58 Å². The van der Waals surface area contributed by atoms with Crippen LogP contribution in [-0.2, 0) is 9.53 Å². The molecule has 9 nitrogen and oxygen atoms in total. The van der Waals surface area contributed by atoms with Gasteiger partial charge in [-0.3, -0.25) is 14.6 Å². The van der Waals surface area contributed by atoms with Crippen molar-refractivity contribution in [1.82, 2.24) is 24.6 Å². The zero-order valence-electron chi connectivity index (χ0n) is 16.5. The van der Waals surface area contributed by atoms with Gasteiger partial charge < -0.3 is 15.0 Å². The van der Waals surface area contributed by atoms with Crippen molar-refractivity contribution in [2.24, 2.45) is 0 Å². The molecule has 0 spiro atoms. The van der Waals surface area contributed by atoms with Crippen molar-refractivity contribution < 1.29 is 9.53 Å². The van der Waals surface area contributed by atoms with Gasteiger partial charge in [0, 0.05) is 20.2 Å². The third kappa shape index (κ3) is 3.63. The minimum absolute atomic E-state index is 0.00148. The number of hydrogen-bond acceptors (Lipinski definition) is 6. The first-order chi connectivity index (χ1) is 13.6. The van der Waals surface area contributed by atoms with Crippen molar-refractivity contribution in [2.75, 3.05) is 25.5 Å². The van der Waals surface area contributed by atoms with Crippen molar-refractivity contribution in [1.29, 1.82) is 0 Å². The Kier molecular flexibility index (Phi) is 5.34. The van der Waals surface area contributed by atoms with Crippen LogP contribution in [0.5, 0.6) is 0 Å². The molecule has 1 aliphatic heterocycles. The number of carbonyl (C=O) groups excluding carboxylic acids is 1.